The molecule has 0 saturated carbocycles. The highest BCUT2D eigenvalue weighted by atomic mass is 79.9. The first-order valence-corrected chi connectivity index (χ1v) is 5.09. The van der Waals surface area contributed by atoms with E-state index in [2.05, 4.69) is 43.4 Å². The summed E-state index contributed by atoms with van der Waals surface area (Å²) in [6.45, 7) is 0. The highest BCUT2D eigenvalue weighted by molar-refractivity contribution is 9.10. The minimum Gasteiger partial charge on any atom is -0.194 e. The molecule has 0 aromatic carbocycles. The first-order valence-electron chi connectivity index (χ1n) is 3.42. The predicted molar refractivity (Wildman–Crippen MR) is 53.7 cm³/mol. The summed E-state index contributed by atoms with van der Waals surface area (Å²) in [5, 5.41) is 2.06. The van der Waals surface area contributed by atoms with Crippen LogP contribution >= 0.6 is 27.3 Å². The van der Waals surface area contributed by atoms with E-state index in [1.807, 2.05) is 0 Å². The average molecular weight is 241 g/mol. The number of hydrogen-bond acceptors (Lipinski definition) is 3. The number of nitrogens with zero attached hydrogens (tertiary/aromatic N) is 2. The Morgan fingerprint density at radius 3 is 3.08 bits per heavy atom. The van der Waals surface area contributed by atoms with Crippen LogP contribution in [-0.2, 0) is 6.42 Å². The summed E-state index contributed by atoms with van der Waals surface area (Å²) in [7, 11) is 0. The van der Waals surface area contributed by atoms with Gasteiger partial charge in [0.2, 0.25) is 0 Å². The van der Waals surface area contributed by atoms with Gasteiger partial charge in [-0.2, -0.15) is 9.98 Å². The Morgan fingerprint density at radius 2 is 2.50 bits per heavy atom. The molecule has 2 heterocycles. The van der Waals surface area contributed by atoms with Crippen LogP contribution in [0.1, 0.15) is 4.88 Å². The van der Waals surface area contributed by atoms with E-state index in [1.54, 1.807) is 17.5 Å². The van der Waals surface area contributed by atoms with Gasteiger partial charge in [-0.25, -0.2) is 0 Å². The van der Waals surface area contributed by atoms with Gasteiger partial charge < -0.3 is 0 Å². The highest BCUT2D eigenvalue weighted by Crippen LogP contribution is 2.22. The molecular formula is C8H5BrN2S. The van der Waals surface area contributed by atoms with Gasteiger partial charge in [0.15, 0.2) is 0 Å². The Hall–Kier alpha value is -0.700. The van der Waals surface area contributed by atoms with Crippen LogP contribution in [-0.4, -0.2) is 6.01 Å². The van der Waals surface area contributed by atoms with Gasteiger partial charge in [0.05, 0.1) is 17.9 Å². The zero-order valence-electron chi connectivity index (χ0n) is 6.12. The van der Waals surface area contributed by atoms with Crippen molar-refractivity contribution in [2.75, 3.05) is 0 Å². The van der Waals surface area contributed by atoms with Gasteiger partial charge in [-0.1, -0.05) is 0 Å². The molecule has 1 aliphatic heterocycles. The van der Waals surface area contributed by atoms with Crippen LogP contribution < -0.4 is 0 Å². The number of hydrogen-bond donors (Lipinski definition) is 0. The molecule has 1 aromatic rings. The molecule has 60 valence electrons. The minimum atomic E-state index is 0.854. The van der Waals surface area contributed by atoms with E-state index in [1.165, 1.54) is 4.88 Å². The SMILES string of the molecule is Brc1csc(CC2=CN=C=N2)c1. The van der Waals surface area contributed by atoms with Crippen LogP contribution in [0.4, 0.5) is 0 Å². The van der Waals surface area contributed by atoms with Crippen LogP contribution in [0, 0.1) is 0 Å². The third-order valence-electron chi connectivity index (χ3n) is 1.44. The summed E-state index contributed by atoms with van der Waals surface area (Å²) < 4.78 is 1.13. The van der Waals surface area contributed by atoms with Crippen LogP contribution in [0.2, 0.25) is 0 Å². The van der Waals surface area contributed by atoms with Crippen molar-refractivity contribution in [1.29, 1.82) is 0 Å². The fraction of sp³-hybridized carbons (Fsp3) is 0.125. The van der Waals surface area contributed by atoms with Crippen LogP contribution in [0.5, 0.6) is 0 Å². The van der Waals surface area contributed by atoms with Gasteiger partial charge in [0, 0.05) is 21.2 Å². The second kappa shape index (κ2) is 3.35. The number of aliphatic imine (C=N–C) groups is 2. The molecule has 12 heavy (non-hydrogen) atoms. The molecule has 1 aromatic heterocycles. The summed E-state index contributed by atoms with van der Waals surface area (Å²) in [6.07, 6.45) is 2.60. The van der Waals surface area contributed by atoms with E-state index in [0.717, 1.165) is 16.6 Å². The second-order valence-corrected chi connectivity index (χ2v) is 4.28. The van der Waals surface area contributed by atoms with E-state index in [4.69, 9.17) is 0 Å². The van der Waals surface area contributed by atoms with Crippen molar-refractivity contribution in [3.8, 4) is 0 Å². The van der Waals surface area contributed by atoms with Crippen LogP contribution in [0.15, 0.2) is 37.8 Å². The number of halogens is 1. The summed E-state index contributed by atoms with van der Waals surface area (Å²) in [6, 6.07) is 4.65. The van der Waals surface area contributed by atoms with Crippen molar-refractivity contribution in [3.63, 3.8) is 0 Å². The summed E-state index contributed by atoms with van der Waals surface area (Å²) in [5.74, 6) is 0. The smallest absolute Gasteiger partial charge is 0.0997 e. The Labute approximate surface area is 82.5 Å². The van der Waals surface area contributed by atoms with Gasteiger partial charge in [-0.05, 0) is 22.0 Å². The molecule has 0 saturated heterocycles. The van der Waals surface area contributed by atoms with E-state index in [0.29, 0.717) is 0 Å². The summed E-state index contributed by atoms with van der Waals surface area (Å²) in [5.41, 5.74) is 0.976. The molecule has 0 atom stereocenters. The lowest BCUT2D eigenvalue weighted by molar-refractivity contribution is 1.15. The lowest BCUT2D eigenvalue weighted by Crippen LogP contribution is -1.80. The molecular weight excluding hydrogens is 236 g/mol. The summed E-state index contributed by atoms with van der Waals surface area (Å²) >= 11 is 5.12. The molecule has 0 fully saturated rings. The number of rotatable bonds is 2. The fourth-order valence-electron chi connectivity index (χ4n) is 0.936. The molecule has 0 radical (unpaired) electrons. The van der Waals surface area contributed by atoms with Crippen molar-refractivity contribution >= 4 is 33.3 Å². The molecule has 1 aliphatic rings. The lowest BCUT2D eigenvalue weighted by atomic mass is 10.3. The molecule has 4 heteroatoms. The first kappa shape index (κ1) is 7.92. The Kier molecular flexibility index (Phi) is 2.21. The Balaban J connectivity index is 2.09. The Bertz CT molecular complexity index is 386. The van der Waals surface area contributed by atoms with Gasteiger partial charge in [0.25, 0.3) is 0 Å². The van der Waals surface area contributed by atoms with E-state index >= 15 is 0 Å². The second-order valence-electron chi connectivity index (χ2n) is 2.37. The molecule has 0 unspecified atom stereocenters. The zero-order chi connectivity index (χ0) is 8.39. The molecule has 0 amide bonds. The topological polar surface area (TPSA) is 24.7 Å². The summed E-state index contributed by atoms with van der Waals surface area (Å²) in [4.78, 5) is 9.05. The normalized spacial score (nSPS) is 13.9. The maximum atomic E-state index is 3.98. The van der Waals surface area contributed by atoms with E-state index in [-0.39, 0.29) is 0 Å². The number of thiophene rings is 1. The quantitative estimate of drug-likeness (QED) is 0.760. The average Bonchev–Trinajstić information content (AvgIpc) is 2.63. The van der Waals surface area contributed by atoms with Crippen molar-refractivity contribution in [1.82, 2.24) is 0 Å². The third kappa shape index (κ3) is 1.72. The largest absolute Gasteiger partial charge is 0.194 e. The molecule has 2 rings (SSSR count). The van der Waals surface area contributed by atoms with Crippen molar-refractivity contribution < 1.29 is 0 Å². The molecule has 0 bridgehead atoms. The molecule has 0 N–H and O–H groups in total. The van der Waals surface area contributed by atoms with Gasteiger partial charge in [-0.15, -0.1) is 11.3 Å². The monoisotopic (exact) mass is 240 g/mol. The molecule has 0 aliphatic carbocycles. The van der Waals surface area contributed by atoms with Crippen LogP contribution in [0.3, 0.4) is 0 Å². The maximum Gasteiger partial charge on any atom is 0.0997 e. The van der Waals surface area contributed by atoms with Crippen LogP contribution in [0.25, 0.3) is 0 Å². The lowest BCUT2D eigenvalue weighted by Gasteiger charge is -1.91. The first-order chi connectivity index (χ1) is 5.84. The van der Waals surface area contributed by atoms with Gasteiger partial charge in [-0.3, -0.25) is 0 Å². The van der Waals surface area contributed by atoms with Crippen molar-refractivity contribution in [2.24, 2.45) is 9.98 Å². The predicted octanol–water partition coefficient (Wildman–Crippen LogP) is 3.08. The number of allylic oxidation sites excluding steroid dienone is 1. The van der Waals surface area contributed by atoms with Gasteiger partial charge >= 0.3 is 0 Å². The fourth-order valence-corrected chi connectivity index (χ4v) is 2.40. The van der Waals surface area contributed by atoms with Crippen molar-refractivity contribution in [2.45, 2.75) is 6.42 Å². The molecule has 0 spiro atoms. The highest BCUT2D eigenvalue weighted by Gasteiger charge is 2.02. The van der Waals surface area contributed by atoms with Gasteiger partial charge in [0.1, 0.15) is 0 Å². The van der Waals surface area contributed by atoms with E-state index in [9.17, 15) is 0 Å². The Morgan fingerprint density at radius 1 is 1.58 bits per heavy atom. The standard InChI is InChI=1S/C8H5BrN2S/c9-6-1-8(12-4-6)2-7-3-10-5-11-7/h1,3-4H,2H2. The molecule has 2 nitrogen and oxygen atoms in total. The minimum absolute atomic E-state index is 0.854. The third-order valence-corrected chi connectivity index (χ3v) is 3.14. The maximum absolute atomic E-state index is 3.98. The van der Waals surface area contributed by atoms with E-state index < -0.39 is 0 Å². The van der Waals surface area contributed by atoms with Crippen molar-refractivity contribution in [3.05, 3.63) is 32.7 Å². The zero-order valence-corrected chi connectivity index (χ0v) is 8.52.